The van der Waals surface area contributed by atoms with Gasteiger partial charge in [0.05, 0.1) is 18.3 Å². The van der Waals surface area contributed by atoms with Gasteiger partial charge in [0, 0.05) is 21.4 Å². The van der Waals surface area contributed by atoms with Crippen molar-refractivity contribution in [2.45, 2.75) is 20.8 Å². The molecule has 0 spiro atoms. The summed E-state index contributed by atoms with van der Waals surface area (Å²) in [5.41, 5.74) is 3.79. The minimum absolute atomic E-state index is 0. The Hall–Kier alpha value is -1.53. The van der Waals surface area contributed by atoms with Gasteiger partial charge >= 0.3 is 29.6 Å². The van der Waals surface area contributed by atoms with Gasteiger partial charge in [-0.1, -0.05) is 41.9 Å². The van der Waals surface area contributed by atoms with Gasteiger partial charge in [-0.15, -0.1) is 0 Å². The van der Waals surface area contributed by atoms with Crippen molar-refractivity contribution >= 4 is 21.9 Å². The molecule has 3 aromatic rings. The molecular formula is C22H21BrNNaO3. The van der Waals surface area contributed by atoms with E-state index < -0.39 is 5.97 Å². The summed E-state index contributed by atoms with van der Waals surface area (Å²) in [6, 6.07) is 16.7. The van der Waals surface area contributed by atoms with Gasteiger partial charge in [0.25, 0.3) is 0 Å². The van der Waals surface area contributed by atoms with Crippen LogP contribution in [0.15, 0.2) is 59.1 Å². The fraction of sp³-hybridized carbons (Fsp3) is 0.227. The quantitative estimate of drug-likeness (QED) is 0.537. The van der Waals surface area contributed by atoms with Gasteiger partial charge in [-0.25, -0.2) is 0 Å². The van der Waals surface area contributed by atoms with Crippen LogP contribution in [0.5, 0.6) is 5.75 Å². The van der Waals surface area contributed by atoms with E-state index in [-0.39, 0.29) is 35.1 Å². The summed E-state index contributed by atoms with van der Waals surface area (Å²) in [6.07, 6.45) is 0. The molecule has 0 aliphatic heterocycles. The summed E-state index contributed by atoms with van der Waals surface area (Å²) < 4.78 is 9.00. The summed E-state index contributed by atoms with van der Waals surface area (Å²) in [6.45, 7) is 6.82. The molecule has 0 fully saturated rings. The van der Waals surface area contributed by atoms with E-state index in [4.69, 9.17) is 4.74 Å². The van der Waals surface area contributed by atoms with Crippen molar-refractivity contribution in [2.75, 3.05) is 6.61 Å². The van der Waals surface area contributed by atoms with Crippen LogP contribution in [0.2, 0.25) is 0 Å². The molecule has 0 saturated carbocycles. The van der Waals surface area contributed by atoms with Crippen LogP contribution in [0.3, 0.4) is 0 Å². The number of aromatic nitrogens is 1. The molecule has 140 valence electrons. The van der Waals surface area contributed by atoms with Crippen LogP contribution < -0.4 is 39.4 Å². The van der Waals surface area contributed by atoms with Gasteiger partial charge in [-0.05, 0) is 60.9 Å². The van der Waals surface area contributed by atoms with E-state index in [0.29, 0.717) is 12.5 Å². The molecule has 0 aliphatic carbocycles. The second kappa shape index (κ2) is 9.79. The van der Waals surface area contributed by atoms with Gasteiger partial charge < -0.3 is 19.2 Å². The minimum atomic E-state index is -1.19. The Balaban J connectivity index is 0.00000280. The SMILES string of the molecule is Cc1ccc(-c2cc(Br)ccc2OCC(C)C)n1-c1cccc(C(=O)[O-])c1.[Na+]. The molecule has 0 N–H and O–H groups in total. The third kappa shape index (κ3) is 5.09. The summed E-state index contributed by atoms with van der Waals surface area (Å²) in [7, 11) is 0. The number of aryl methyl sites for hydroxylation is 1. The molecule has 0 amide bonds. The van der Waals surface area contributed by atoms with E-state index in [9.17, 15) is 9.90 Å². The first-order chi connectivity index (χ1) is 12.9. The van der Waals surface area contributed by atoms with Gasteiger partial charge in [0.2, 0.25) is 0 Å². The van der Waals surface area contributed by atoms with E-state index >= 15 is 0 Å². The van der Waals surface area contributed by atoms with Crippen molar-refractivity contribution in [2.24, 2.45) is 5.92 Å². The van der Waals surface area contributed by atoms with Crippen molar-refractivity contribution in [1.82, 2.24) is 4.57 Å². The Labute approximate surface area is 196 Å². The largest absolute Gasteiger partial charge is 1.00 e. The molecule has 0 aliphatic rings. The molecule has 1 aromatic heterocycles. The number of carbonyl (C=O) groups excluding carboxylic acids is 1. The van der Waals surface area contributed by atoms with E-state index in [1.54, 1.807) is 12.1 Å². The van der Waals surface area contributed by atoms with Crippen molar-refractivity contribution in [3.8, 4) is 22.7 Å². The van der Waals surface area contributed by atoms with Gasteiger partial charge in [0.15, 0.2) is 0 Å². The number of hydrogen-bond donors (Lipinski definition) is 0. The van der Waals surface area contributed by atoms with E-state index in [1.165, 1.54) is 6.07 Å². The van der Waals surface area contributed by atoms with Crippen molar-refractivity contribution < 1.29 is 44.2 Å². The topological polar surface area (TPSA) is 54.3 Å². The maximum atomic E-state index is 11.3. The Kier molecular flexibility index (Phi) is 7.96. The molecular weight excluding hydrogens is 429 g/mol. The first-order valence-corrected chi connectivity index (χ1v) is 9.59. The zero-order chi connectivity index (χ0) is 19.6. The summed E-state index contributed by atoms with van der Waals surface area (Å²) >= 11 is 3.54. The zero-order valence-corrected chi connectivity index (χ0v) is 20.1. The number of halogens is 1. The van der Waals surface area contributed by atoms with E-state index in [0.717, 1.165) is 32.9 Å². The molecule has 2 aromatic carbocycles. The molecule has 0 saturated heterocycles. The fourth-order valence-electron chi connectivity index (χ4n) is 2.95. The average molecular weight is 450 g/mol. The number of aromatic carboxylic acids is 1. The number of ether oxygens (including phenoxy) is 1. The second-order valence-corrected chi connectivity index (χ2v) is 7.79. The molecule has 4 nitrogen and oxygen atoms in total. The molecule has 6 heteroatoms. The van der Waals surface area contributed by atoms with Gasteiger partial charge in [0.1, 0.15) is 5.75 Å². The number of nitrogens with zero attached hydrogens (tertiary/aromatic N) is 1. The van der Waals surface area contributed by atoms with Crippen LogP contribution in [-0.2, 0) is 0 Å². The predicted molar refractivity (Wildman–Crippen MR) is 108 cm³/mol. The van der Waals surface area contributed by atoms with Crippen LogP contribution in [0, 0.1) is 12.8 Å². The fourth-order valence-corrected chi connectivity index (χ4v) is 3.31. The molecule has 1 heterocycles. The number of rotatable bonds is 6. The van der Waals surface area contributed by atoms with Crippen molar-refractivity contribution in [3.63, 3.8) is 0 Å². The summed E-state index contributed by atoms with van der Waals surface area (Å²) in [5, 5.41) is 11.3. The van der Waals surface area contributed by atoms with E-state index in [2.05, 4.69) is 29.8 Å². The molecule has 0 bridgehead atoms. The number of carbonyl (C=O) groups is 1. The Bertz CT molecular complexity index is 982. The zero-order valence-electron chi connectivity index (χ0n) is 16.5. The number of hydrogen-bond acceptors (Lipinski definition) is 3. The van der Waals surface area contributed by atoms with Crippen molar-refractivity contribution in [1.29, 1.82) is 0 Å². The Morgan fingerprint density at radius 3 is 2.57 bits per heavy atom. The molecule has 3 rings (SSSR count). The first kappa shape index (κ1) is 22.8. The molecule has 0 atom stereocenters. The number of carboxylic acid groups (broad SMARTS) is 1. The summed E-state index contributed by atoms with van der Waals surface area (Å²) in [5.74, 6) is 0.0173. The van der Waals surface area contributed by atoms with E-state index in [1.807, 2.05) is 47.9 Å². The third-order valence-corrected chi connectivity index (χ3v) is 4.70. The van der Waals surface area contributed by atoms with Crippen LogP contribution in [0.4, 0.5) is 0 Å². The number of carboxylic acids is 1. The second-order valence-electron chi connectivity index (χ2n) is 6.88. The standard InChI is InChI=1S/C22H22BrNO3.Na/c1-14(2)13-27-21-10-8-17(23)12-19(21)20-9-7-15(3)24(20)18-6-4-5-16(11-18)22(25)26;/h4-12,14H,13H2,1-3H3,(H,25,26);/q;+1/p-1. The van der Waals surface area contributed by atoms with Crippen LogP contribution in [0.25, 0.3) is 16.9 Å². The van der Waals surface area contributed by atoms with Crippen LogP contribution in [0.1, 0.15) is 29.9 Å². The maximum Gasteiger partial charge on any atom is 1.00 e. The van der Waals surface area contributed by atoms with Gasteiger partial charge in [-0.3, -0.25) is 0 Å². The average Bonchev–Trinajstić information content (AvgIpc) is 3.02. The Morgan fingerprint density at radius 1 is 1.14 bits per heavy atom. The maximum absolute atomic E-state index is 11.3. The van der Waals surface area contributed by atoms with Gasteiger partial charge in [-0.2, -0.15) is 0 Å². The van der Waals surface area contributed by atoms with Crippen LogP contribution in [-0.4, -0.2) is 17.1 Å². The molecule has 28 heavy (non-hydrogen) atoms. The number of benzene rings is 2. The first-order valence-electron chi connectivity index (χ1n) is 8.79. The third-order valence-electron chi connectivity index (χ3n) is 4.21. The predicted octanol–water partition coefficient (Wildman–Crippen LogP) is 1.62. The normalized spacial score (nSPS) is 10.6. The monoisotopic (exact) mass is 449 g/mol. The van der Waals surface area contributed by atoms with Crippen LogP contribution >= 0.6 is 15.9 Å². The molecule has 0 unspecified atom stereocenters. The minimum Gasteiger partial charge on any atom is -0.545 e. The van der Waals surface area contributed by atoms with Crippen molar-refractivity contribution in [3.05, 3.63) is 70.3 Å². The molecule has 0 radical (unpaired) electrons. The summed E-state index contributed by atoms with van der Waals surface area (Å²) in [4.78, 5) is 11.3. The smallest absolute Gasteiger partial charge is 0.545 e. The Morgan fingerprint density at radius 2 is 1.89 bits per heavy atom.